The molecule has 4 nitrogen and oxygen atoms in total. The second-order valence-corrected chi connectivity index (χ2v) is 4.71. The number of guanidine groups is 1. The molecule has 0 aliphatic heterocycles. The van der Waals surface area contributed by atoms with Gasteiger partial charge in [0.25, 0.3) is 0 Å². The van der Waals surface area contributed by atoms with Crippen LogP contribution in [0.15, 0.2) is 29.3 Å². The SMILES string of the molecule is CCNC(=NCC(O)c1ccccc1F)NC(C)CC. The summed E-state index contributed by atoms with van der Waals surface area (Å²) >= 11 is 0. The lowest BCUT2D eigenvalue weighted by molar-refractivity contribution is 0.182. The van der Waals surface area contributed by atoms with Crippen molar-refractivity contribution in [1.29, 1.82) is 0 Å². The van der Waals surface area contributed by atoms with Crippen molar-refractivity contribution in [1.82, 2.24) is 10.6 Å². The Bertz CT molecular complexity index is 437. The Morgan fingerprint density at radius 2 is 2.05 bits per heavy atom. The number of nitrogens with zero attached hydrogens (tertiary/aromatic N) is 1. The molecule has 112 valence electrons. The lowest BCUT2D eigenvalue weighted by atomic mass is 10.1. The number of aliphatic hydroxyl groups is 1. The molecular formula is C15H24FN3O. The van der Waals surface area contributed by atoms with Crippen molar-refractivity contribution in [3.05, 3.63) is 35.6 Å². The van der Waals surface area contributed by atoms with Crippen molar-refractivity contribution < 1.29 is 9.50 Å². The maximum absolute atomic E-state index is 13.5. The van der Waals surface area contributed by atoms with Gasteiger partial charge in [0.15, 0.2) is 5.96 Å². The molecule has 1 aromatic rings. The minimum atomic E-state index is -0.941. The summed E-state index contributed by atoms with van der Waals surface area (Å²) in [5.74, 6) is 0.229. The minimum Gasteiger partial charge on any atom is -0.386 e. The molecule has 0 radical (unpaired) electrons. The summed E-state index contributed by atoms with van der Waals surface area (Å²) < 4.78 is 13.5. The maximum atomic E-state index is 13.5. The van der Waals surface area contributed by atoms with E-state index in [1.54, 1.807) is 18.2 Å². The molecule has 0 spiro atoms. The molecule has 1 rings (SSSR count). The lowest BCUT2D eigenvalue weighted by Crippen LogP contribution is -2.42. The number of hydrogen-bond acceptors (Lipinski definition) is 2. The smallest absolute Gasteiger partial charge is 0.191 e. The zero-order valence-electron chi connectivity index (χ0n) is 12.4. The maximum Gasteiger partial charge on any atom is 0.191 e. The Balaban J connectivity index is 2.69. The number of halogens is 1. The Labute approximate surface area is 120 Å². The summed E-state index contributed by atoms with van der Waals surface area (Å²) in [6.07, 6.45) is 0.0314. The largest absolute Gasteiger partial charge is 0.386 e. The Kier molecular flexibility index (Phi) is 7.01. The highest BCUT2D eigenvalue weighted by atomic mass is 19.1. The van der Waals surface area contributed by atoms with Crippen LogP contribution in [0.5, 0.6) is 0 Å². The van der Waals surface area contributed by atoms with Crippen molar-refractivity contribution in [3.63, 3.8) is 0 Å². The van der Waals surface area contributed by atoms with Gasteiger partial charge in [-0.05, 0) is 26.3 Å². The first-order valence-corrected chi connectivity index (χ1v) is 7.05. The highest BCUT2D eigenvalue weighted by Crippen LogP contribution is 2.16. The molecule has 0 fully saturated rings. The van der Waals surface area contributed by atoms with Crippen LogP contribution in [0.25, 0.3) is 0 Å². The molecule has 0 heterocycles. The van der Waals surface area contributed by atoms with Gasteiger partial charge >= 0.3 is 0 Å². The number of aliphatic imine (C=N–C) groups is 1. The quantitative estimate of drug-likeness (QED) is 0.553. The molecule has 2 atom stereocenters. The number of benzene rings is 1. The standard InChI is InChI=1S/C15H24FN3O/c1-4-11(3)19-15(17-5-2)18-10-14(20)12-8-6-7-9-13(12)16/h6-9,11,14,20H,4-5,10H2,1-3H3,(H2,17,18,19). The monoisotopic (exact) mass is 281 g/mol. The van der Waals surface area contributed by atoms with Crippen molar-refractivity contribution >= 4 is 5.96 Å². The average Bonchev–Trinajstić information content (AvgIpc) is 2.45. The van der Waals surface area contributed by atoms with Crippen LogP contribution in [0.1, 0.15) is 38.9 Å². The highest BCUT2D eigenvalue weighted by molar-refractivity contribution is 5.80. The molecule has 3 N–H and O–H groups in total. The fourth-order valence-electron chi connectivity index (χ4n) is 1.68. The molecule has 5 heteroatoms. The molecule has 0 bridgehead atoms. The van der Waals surface area contributed by atoms with E-state index in [0.29, 0.717) is 12.0 Å². The minimum absolute atomic E-state index is 0.118. The molecule has 1 aromatic carbocycles. The van der Waals surface area contributed by atoms with Crippen LogP contribution in [-0.4, -0.2) is 30.2 Å². The Hall–Kier alpha value is -1.62. The second-order valence-electron chi connectivity index (χ2n) is 4.71. The molecule has 0 saturated heterocycles. The van der Waals surface area contributed by atoms with E-state index >= 15 is 0 Å². The van der Waals surface area contributed by atoms with E-state index in [1.807, 2.05) is 6.92 Å². The van der Waals surface area contributed by atoms with E-state index in [-0.39, 0.29) is 12.1 Å². The predicted octanol–water partition coefficient (Wildman–Crippen LogP) is 2.21. The van der Waals surface area contributed by atoms with Gasteiger partial charge in [0.1, 0.15) is 11.9 Å². The summed E-state index contributed by atoms with van der Waals surface area (Å²) in [6, 6.07) is 6.51. The van der Waals surface area contributed by atoms with Gasteiger partial charge in [0, 0.05) is 18.2 Å². The van der Waals surface area contributed by atoms with Crippen LogP contribution in [0.2, 0.25) is 0 Å². The summed E-state index contributed by atoms with van der Waals surface area (Å²) in [6.45, 7) is 6.96. The first-order valence-electron chi connectivity index (χ1n) is 7.05. The third-order valence-corrected chi connectivity index (χ3v) is 3.03. The average molecular weight is 281 g/mol. The summed E-state index contributed by atoms with van der Waals surface area (Å²) in [4.78, 5) is 4.30. The molecule has 2 unspecified atom stereocenters. The molecule has 0 aromatic heterocycles. The molecule has 0 aliphatic rings. The van der Waals surface area contributed by atoms with Gasteiger partial charge in [-0.2, -0.15) is 0 Å². The predicted molar refractivity (Wildman–Crippen MR) is 80.2 cm³/mol. The normalized spacial score (nSPS) is 14.8. The van der Waals surface area contributed by atoms with Gasteiger partial charge in [0.05, 0.1) is 6.54 Å². The number of nitrogens with one attached hydrogen (secondary N) is 2. The number of hydrogen-bond donors (Lipinski definition) is 3. The molecule has 0 amide bonds. The third-order valence-electron chi connectivity index (χ3n) is 3.03. The van der Waals surface area contributed by atoms with Crippen LogP contribution in [0.3, 0.4) is 0 Å². The van der Waals surface area contributed by atoms with Gasteiger partial charge in [-0.25, -0.2) is 4.39 Å². The molecular weight excluding hydrogens is 257 g/mol. The van der Waals surface area contributed by atoms with E-state index in [9.17, 15) is 9.50 Å². The zero-order valence-corrected chi connectivity index (χ0v) is 12.4. The van der Waals surface area contributed by atoms with Crippen LogP contribution >= 0.6 is 0 Å². The van der Waals surface area contributed by atoms with E-state index in [0.717, 1.165) is 13.0 Å². The number of rotatable bonds is 6. The summed E-state index contributed by atoms with van der Waals surface area (Å²) in [5.41, 5.74) is 0.274. The molecule has 0 aliphatic carbocycles. The first-order chi connectivity index (χ1) is 9.58. The van der Waals surface area contributed by atoms with Gasteiger partial charge < -0.3 is 15.7 Å². The second kappa shape index (κ2) is 8.53. The van der Waals surface area contributed by atoms with Crippen molar-refractivity contribution in [2.45, 2.75) is 39.3 Å². The molecule has 20 heavy (non-hydrogen) atoms. The van der Waals surface area contributed by atoms with Crippen LogP contribution < -0.4 is 10.6 Å². The fraction of sp³-hybridized carbons (Fsp3) is 0.533. The van der Waals surface area contributed by atoms with Crippen LogP contribution in [0.4, 0.5) is 4.39 Å². The van der Waals surface area contributed by atoms with Gasteiger partial charge in [0.2, 0.25) is 0 Å². The van der Waals surface area contributed by atoms with Gasteiger partial charge in [-0.1, -0.05) is 25.1 Å². The Morgan fingerprint density at radius 3 is 2.65 bits per heavy atom. The topological polar surface area (TPSA) is 56.7 Å². The lowest BCUT2D eigenvalue weighted by Gasteiger charge is -2.17. The molecule has 0 saturated carbocycles. The number of aliphatic hydroxyl groups excluding tert-OH is 1. The Morgan fingerprint density at radius 1 is 1.35 bits per heavy atom. The van der Waals surface area contributed by atoms with Crippen LogP contribution in [-0.2, 0) is 0 Å². The summed E-state index contributed by atoms with van der Waals surface area (Å²) in [7, 11) is 0. The van der Waals surface area contributed by atoms with Crippen molar-refractivity contribution in [2.75, 3.05) is 13.1 Å². The van der Waals surface area contributed by atoms with E-state index in [1.165, 1.54) is 6.07 Å². The van der Waals surface area contributed by atoms with E-state index in [4.69, 9.17) is 0 Å². The van der Waals surface area contributed by atoms with Gasteiger partial charge in [-0.15, -0.1) is 0 Å². The fourth-order valence-corrected chi connectivity index (χ4v) is 1.68. The highest BCUT2D eigenvalue weighted by Gasteiger charge is 2.12. The van der Waals surface area contributed by atoms with E-state index < -0.39 is 11.9 Å². The zero-order chi connectivity index (χ0) is 15.0. The van der Waals surface area contributed by atoms with E-state index in [2.05, 4.69) is 29.5 Å². The third kappa shape index (κ3) is 5.17. The van der Waals surface area contributed by atoms with Crippen molar-refractivity contribution in [3.8, 4) is 0 Å². The first kappa shape index (κ1) is 16.4. The van der Waals surface area contributed by atoms with Crippen LogP contribution in [0, 0.1) is 5.82 Å². The van der Waals surface area contributed by atoms with Crippen molar-refractivity contribution in [2.24, 2.45) is 4.99 Å². The van der Waals surface area contributed by atoms with Gasteiger partial charge in [-0.3, -0.25) is 4.99 Å². The summed E-state index contributed by atoms with van der Waals surface area (Å²) in [5, 5.41) is 16.3.